The van der Waals surface area contributed by atoms with Crippen molar-refractivity contribution in [2.45, 2.75) is 45.1 Å². The SMILES string of the molecule is CCCNC(CCC1CC1)c1ccc(Cl)cc1Br. The van der Waals surface area contributed by atoms with Crippen LogP contribution in [0.2, 0.25) is 5.02 Å². The van der Waals surface area contributed by atoms with Crippen molar-refractivity contribution in [2.75, 3.05) is 6.54 Å². The van der Waals surface area contributed by atoms with Crippen LogP contribution in [0.4, 0.5) is 0 Å². The Morgan fingerprint density at radius 1 is 1.44 bits per heavy atom. The molecule has 18 heavy (non-hydrogen) atoms. The summed E-state index contributed by atoms with van der Waals surface area (Å²) >= 11 is 9.65. The molecule has 0 spiro atoms. The highest BCUT2D eigenvalue weighted by molar-refractivity contribution is 9.10. The molecule has 0 radical (unpaired) electrons. The van der Waals surface area contributed by atoms with Gasteiger partial charge in [-0.15, -0.1) is 0 Å². The summed E-state index contributed by atoms with van der Waals surface area (Å²) in [5, 5.41) is 4.45. The summed E-state index contributed by atoms with van der Waals surface area (Å²) in [5.41, 5.74) is 1.34. The molecule has 1 aliphatic rings. The molecule has 1 fully saturated rings. The zero-order valence-electron chi connectivity index (χ0n) is 10.9. The minimum absolute atomic E-state index is 0.456. The zero-order valence-corrected chi connectivity index (χ0v) is 13.2. The summed E-state index contributed by atoms with van der Waals surface area (Å²) < 4.78 is 1.12. The standard InChI is InChI=1S/C15H21BrClN/c1-2-9-18-15(8-5-11-3-4-11)13-7-6-12(17)10-14(13)16/h6-7,10-11,15,18H,2-5,8-9H2,1H3. The van der Waals surface area contributed by atoms with Gasteiger partial charge in [0.2, 0.25) is 0 Å². The second-order valence-electron chi connectivity index (χ2n) is 5.19. The molecule has 0 bridgehead atoms. The van der Waals surface area contributed by atoms with Crippen LogP contribution in [0.3, 0.4) is 0 Å². The molecule has 0 amide bonds. The number of halogens is 2. The minimum atomic E-state index is 0.456. The first-order valence-electron chi connectivity index (χ1n) is 6.89. The summed E-state index contributed by atoms with van der Waals surface area (Å²) in [6.45, 7) is 3.28. The molecular formula is C15H21BrClN. The third-order valence-corrected chi connectivity index (χ3v) is 4.46. The fraction of sp³-hybridized carbons (Fsp3) is 0.600. The van der Waals surface area contributed by atoms with Gasteiger partial charge in [-0.3, -0.25) is 0 Å². The van der Waals surface area contributed by atoms with Crippen molar-refractivity contribution in [3.8, 4) is 0 Å². The van der Waals surface area contributed by atoms with Gasteiger partial charge < -0.3 is 5.32 Å². The Morgan fingerprint density at radius 2 is 2.22 bits per heavy atom. The van der Waals surface area contributed by atoms with Gasteiger partial charge >= 0.3 is 0 Å². The van der Waals surface area contributed by atoms with E-state index in [0.717, 1.165) is 22.0 Å². The van der Waals surface area contributed by atoms with Gasteiger partial charge in [-0.1, -0.05) is 53.4 Å². The number of nitrogens with one attached hydrogen (secondary N) is 1. The van der Waals surface area contributed by atoms with Crippen molar-refractivity contribution >= 4 is 27.5 Å². The predicted octanol–water partition coefficient (Wildman–Crippen LogP) is 5.33. The Hall–Kier alpha value is -0.0500. The van der Waals surface area contributed by atoms with Gasteiger partial charge in [0.15, 0.2) is 0 Å². The normalized spacial score (nSPS) is 16.8. The van der Waals surface area contributed by atoms with Crippen LogP contribution in [0, 0.1) is 5.92 Å². The summed E-state index contributed by atoms with van der Waals surface area (Å²) in [5.74, 6) is 0.988. The maximum absolute atomic E-state index is 6.01. The maximum Gasteiger partial charge on any atom is 0.0417 e. The lowest BCUT2D eigenvalue weighted by Gasteiger charge is -2.20. The number of benzene rings is 1. The Morgan fingerprint density at radius 3 is 2.83 bits per heavy atom. The quantitative estimate of drug-likeness (QED) is 0.712. The Balaban J connectivity index is 2.04. The lowest BCUT2D eigenvalue weighted by molar-refractivity contribution is 0.469. The summed E-state index contributed by atoms with van der Waals surface area (Å²) in [6.07, 6.45) is 6.61. The van der Waals surface area contributed by atoms with Crippen LogP contribution in [-0.2, 0) is 0 Å². The van der Waals surface area contributed by atoms with Crippen molar-refractivity contribution < 1.29 is 0 Å². The van der Waals surface area contributed by atoms with Gasteiger partial charge in [-0.25, -0.2) is 0 Å². The summed E-state index contributed by atoms with van der Waals surface area (Å²) in [6, 6.07) is 6.58. The lowest BCUT2D eigenvalue weighted by atomic mass is 10.0. The molecule has 0 aromatic heterocycles. The van der Waals surface area contributed by atoms with E-state index in [1.165, 1.54) is 37.7 Å². The van der Waals surface area contributed by atoms with Crippen molar-refractivity contribution in [3.05, 3.63) is 33.3 Å². The van der Waals surface area contributed by atoms with Gasteiger partial charge in [0.05, 0.1) is 0 Å². The molecule has 100 valence electrons. The van der Waals surface area contributed by atoms with E-state index in [4.69, 9.17) is 11.6 Å². The minimum Gasteiger partial charge on any atom is -0.310 e. The van der Waals surface area contributed by atoms with Crippen LogP contribution >= 0.6 is 27.5 Å². The number of hydrogen-bond acceptors (Lipinski definition) is 1. The first-order valence-corrected chi connectivity index (χ1v) is 8.06. The first kappa shape index (κ1) is 14.4. The van der Waals surface area contributed by atoms with Crippen LogP contribution in [-0.4, -0.2) is 6.54 Å². The van der Waals surface area contributed by atoms with Crippen molar-refractivity contribution in [2.24, 2.45) is 5.92 Å². The highest BCUT2D eigenvalue weighted by Crippen LogP contribution is 2.37. The van der Waals surface area contributed by atoms with E-state index in [1.807, 2.05) is 12.1 Å². The molecule has 1 aliphatic carbocycles. The van der Waals surface area contributed by atoms with Crippen LogP contribution in [0.15, 0.2) is 22.7 Å². The van der Waals surface area contributed by atoms with Crippen LogP contribution in [0.5, 0.6) is 0 Å². The second kappa shape index (κ2) is 6.93. The topological polar surface area (TPSA) is 12.0 Å². The highest BCUT2D eigenvalue weighted by Gasteiger charge is 2.23. The fourth-order valence-corrected chi connectivity index (χ4v) is 3.24. The third-order valence-electron chi connectivity index (χ3n) is 3.54. The molecule has 1 N–H and O–H groups in total. The molecule has 1 unspecified atom stereocenters. The third kappa shape index (κ3) is 4.25. The van der Waals surface area contributed by atoms with E-state index in [1.54, 1.807) is 0 Å². The maximum atomic E-state index is 6.01. The van der Waals surface area contributed by atoms with Crippen molar-refractivity contribution in [3.63, 3.8) is 0 Å². The molecule has 0 aliphatic heterocycles. The average molecular weight is 331 g/mol. The van der Waals surface area contributed by atoms with Gasteiger partial charge in [0.1, 0.15) is 0 Å². The van der Waals surface area contributed by atoms with Gasteiger partial charge in [0.25, 0.3) is 0 Å². The van der Waals surface area contributed by atoms with Gasteiger partial charge in [-0.2, -0.15) is 0 Å². The summed E-state index contributed by atoms with van der Waals surface area (Å²) in [7, 11) is 0. The highest BCUT2D eigenvalue weighted by atomic mass is 79.9. The number of hydrogen-bond donors (Lipinski definition) is 1. The lowest BCUT2D eigenvalue weighted by Crippen LogP contribution is -2.22. The van der Waals surface area contributed by atoms with Crippen LogP contribution in [0.25, 0.3) is 0 Å². The van der Waals surface area contributed by atoms with Gasteiger partial charge in [-0.05, 0) is 49.4 Å². The van der Waals surface area contributed by atoms with Crippen LogP contribution < -0.4 is 5.32 Å². The van der Waals surface area contributed by atoms with E-state index in [2.05, 4.69) is 34.2 Å². The molecule has 1 aromatic carbocycles. The zero-order chi connectivity index (χ0) is 13.0. The Bertz CT molecular complexity index is 390. The average Bonchev–Trinajstić information content (AvgIpc) is 3.14. The molecule has 0 saturated heterocycles. The molecule has 1 aromatic rings. The van der Waals surface area contributed by atoms with E-state index in [9.17, 15) is 0 Å². The molecule has 1 atom stereocenters. The molecule has 1 saturated carbocycles. The molecule has 2 rings (SSSR count). The largest absolute Gasteiger partial charge is 0.310 e. The van der Waals surface area contributed by atoms with E-state index < -0.39 is 0 Å². The summed E-state index contributed by atoms with van der Waals surface area (Å²) in [4.78, 5) is 0. The van der Waals surface area contributed by atoms with Crippen LogP contribution in [0.1, 0.15) is 50.6 Å². The first-order chi connectivity index (χ1) is 8.70. The second-order valence-corrected chi connectivity index (χ2v) is 6.48. The van der Waals surface area contributed by atoms with Crippen molar-refractivity contribution in [1.82, 2.24) is 5.32 Å². The van der Waals surface area contributed by atoms with E-state index in [-0.39, 0.29) is 0 Å². The van der Waals surface area contributed by atoms with Gasteiger partial charge in [0, 0.05) is 15.5 Å². The van der Waals surface area contributed by atoms with E-state index in [0.29, 0.717) is 6.04 Å². The molecule has 0 heterocycles. The van der Waals surface area contributed by atoms with E-state index >= 15 is 0 Å². The Kier molecular flexibility index (Phi) is 5.53. The fourth-order valence-electron chi connectivity index (χ4n) is 2.28. The predicted molar refractivity (Wildman–Crippen MR) is 82.1 cm³/mol. The van der Waals surface area contributed by atoms with Crippen molar-refractivity contribution in [1.29, 1.82) is 0 Å². The molecule has 3 heteroatoms. The smallest absolute Gasteiger partial charge is 0.0417 e. The Labute approximate surface area is 123 Å². The number of rotatable bonds is 7. The molecular weight excluding hydrogens is 310 g/mol. The monoisotopic (exact) mass is 329 g/mol. The molecule has 1 nitrogen and oxygen atoms in total.